The average molecular weight is 255 g/mol. The number of aliphatic carboxylic acids is 1. The van der Waals surface area contributed by atoms with E-state index < -0.39 is 12.0 Å². The van der Waals surface area contributed by atoms with Crippen LogP contribution in [0.1, 0.15) is 38.4 Å². The smallest absolute Gasteiger partial charge is 0.326 e. The highest BCUT2D eigenvalue weighted by Gasteiger charge is 2.34. The predicted octanol–water partition coefficient (Wildman–Crippen LogP) is 1.61. The molecule has 1 aliphatic heterocycles. The van der Waals surface area contributed by atoms with Gasteiger partial charge in [0.2, 0.25) is 0 Å². The van der Waals surface area contributed by atoms with Crippen molar-refractivity contribution in [3.05, 3.63) is 11.1 Å². The number of hydrogen-bond acceptors (Lipinski definition) is 5. The number of carboxylic acid groups (broad SMARTS) is 1. The Morgan fingerprint density at radius 2 is 2.41 bits per heavy atom. The maximum atomic E-state index is 10.8. The third-order valence-electron chi connectivity index (χ3n) is 3.23. The number of carbonyl (C=O) groups is 1. The molecule has 1 saturated heterocycles. The molecule has 2 rings (SSSR count). The van der Waals surface area contributed by atoms with Crippen LogP contribution in [0, 0.1) is 0 Å². The van der Waals surface area contributed by atoms with Gasteiger partial charge in [-0.1, -0.05) is 0 Å². The molecule has 0 aromatic carbocycles. The fourth-order valence-corrected chi connectivity index (χ4v) is 3.18. The lowest BCUT2D eigenvalue weighted by Gasteiger charge is -2.31. The molecule has 94 valence electrons. The Balaban J connectivity index is 2.21. The van der Waals surface area contributed by atoms with Crippen molar-refractivity contribution in [2.24, 2.45) is 5.73 Å². The molecule has 1 atom stereocenters. The number of nitrogens with two attached hydrogens (primary N) is 1. The highest BCUT2D eigenvalue weighted by Crippen LogP contribution is 2.35. The van der Waals surface area contributed by atoms with Crippen molar-refractivity contribution in [3.8, 4) is 0 Å². The number of thiazole rings is 1. The molecule has 1 fully saturated rings. The third kappa shape index (κ3) is 2.28. The molecule has 6 heteroatoms. The van der Waals surface area contributed by atoms with Crippen molar-refractivity contribution in [3.63, 3.8) is 0 Å². The van der Waals surface area contributed by atoms with Gasteiger partial charge in [0, 0.05) is 17.5 Å². The Hall–Kier alpha value is -1.14. The zero-order valence-electron chi connectivity index (χ0n) is 10.0. The summed E-state index contributed by atoms with van der Waals surface area (Å²) in [5, 5.41) is 11.5. The summed E-state index contributed by atoms with van der Waals surface area (Å²) in [6.07, 6.45) is 2.28. The van der Waals surface area contributed by atoms with Gasteiger partial charge in [0.15, 0.2) is 5.13 Å². The highest BCUT2D eigenvalue weighted by atomic mass is 32.1. The van der Waals surface area contributed by atoms with Crippen LogP contribution < -0.4 is 10.6 Å². The average Bonchev–Trinajstić information content (AvgIpc) is 2.82. The number of aromatic nitrogens is 1. The van der Waals surface area contributed by atoms with Gasteiger partial charge in [-0.05, 0) is 26.7 Å². The van der Waals surface area contributed by atoms with Crippen molar-refractivity contribution in [2.75, 3.05) is 11.4 Å². The molecule has 0 saturated carbocycles. The van der Waals surface area contributed by atoms with Crippen LogP contribution in [0.2, 0.25) is 0 Å². The van der Waals surface area contributed by atoms with Gasteiger partial charge in [-0.15, -0.1) is 11.3 Å². The van der Waals surface area contributed by atoms with E-state index in [4.69, 9.17) is 10.8 Å². The molecule has 17 heavy (non-hydrogen) atoms. The second-order valence-corrected chi connectivity index (χ2v) is 5.78. The largest absolute Gasteiger partial charge is 0.480 e. The molecule has 1 unspecified atom stereocenters. The topological polar surface area (TPSA) is 79.5 Å². The maximum Gasteiger partial charge on any atom is 0.326 e. The highest BCUT2D eigenvalue weighted by molar-refractivity contribution is 7.13. The number of hydrogen-bond donors (Lipinski definition) is 2. The van der Waals surface area contributed by atoms with Crippen LogP contribution in [-0.2, 0) is 4.79 Å². The lowest BCUT2D eigenvalue weighted by Crippen LogP contribution is -2.38. The van der Waals surface area contributed by atoms with E-state index in [1.165, 1.54) is 11.3 Å². The minimum atomic E-state index is -1.04. The molecule has 0 aliphatic carbocycles. The molecular formula is C11H17N3O2S. The van der Waals surface area contributed by atoms with Gasteiger partial charge in [0.05, 0.1) is 5.69 Å². The lowest BCUT2D eigenvalue weighted by molar-refractivity contribution is -0.138. The van der Waals surface area contributed by atoms with E-state index >= 15 is 0 Å². The van der Waals surface area contributed by atoms with Gasteiger partial charge >= 0.3 is 5.97 Å². The molecule has 0 bridgehead atoms. The Morgan fingerprint density at radius 3 is 2.94 bits per heavy atom. The van der Waals surface area contributed by atoms with Gasteiger partial charge in [0.25, 0.3) is 0 Å². The third-order valence-corrected chi connectivity index (χ3v) is 4.11. The number of carboxylic acids is 1. The zero-order valence-corrected chi connectivity index (χ0v) is 10.8. The van der Waals surface area contributed by atoms with E-state index in [0.29, 0.717) is 5.69 Å². The summed E-state index contributed by atoms with van der Waals surface area (Å²) >= 11 is 1.47. The predicted molar refractivity (Wildman–Crippen MR) is 67.3 cm³/mol. The van der Waals surface area contributed by atoms with Crippen molar-refractivity contribution in [2.45, 2.75) is 38.3 Å². The van der Waals surface area contributed by atoms with E-state index in [0.717, 1.165) is 24.5 Å². The van der Waals surface area contributed by atoms with Gasteiger partial charge < -0.3 is 15.7 Å². The molecule has 0 amide bonds. The number of rotatable bonds is 3. The fourth-order valence-electron chi connectivity index (χ4n) is 2.13. The molecule has 0 radical (unpaired) electrons. The Labute approximate surface area is 104 Å². The van der Waals surface area contributed by atoms with Crippen LogP contribution in [0.4, 0.5) is 5.13 Å². The quantitative estimate of drug-likeness (QED) is 0.857. The van der Waals surface area contributed by atoms with Crippen molar-refractivity contribution in [1.82, 2.24) is 4.98 Å². The Kier molecular flexibility index (Phi) is 3.09. The summed E-state index contributed by atoms with van der Waals surface area (Å²) in [5.74, 6) is -1.04. The van der Waals surface area contributed by atoms with E-state index in [-0.39, 0.29) is 5.54 Å². The maximum absolute atomic E-state index is 10.8. The monoisotopic (exact) mass is 255 g/mol. The molecule has 0 spiro atoms. The SMILES string of the molecule is CC1(C)CCCN1c1nc(C(N)C(=O)O)cs1. The summed E-state index contributed by atoms with van der Waals surface area (Å²) in [5.41, 5.74) is 6.09. The summed E-state index contributed by atoms with van der Waals surface area (Å²) < 4.78 is 0. The van der Waals surface area contributed by atoms with Gasteiger partial charge in [0.1, 0.15) is 6.04 Å². The van der Waals surface area contributed by atoms with Crippen LogP contribution >= 0.6 is 11.3 Å². The van der Waals surface area contributed by atoms with Crippen molar-refractivity contribution >= 4 is 22.4 Å². The van der Waals surface area contributed by atoms with E-state index in [2.05, 4.69) is 23.7 Å². The summed E-state index contributed by atoms with van der Waals surface area (Å²) in [4.78, 5) is 17.4. The van der Waals surface area contributed by atoms with Crippen molar-refractivity contribution < 1.29 is 9.90 Å². The first-order valence-corrected chi connectivity index (χ1v) is 6.51. The van der Waals surface area contributed by atoms with Gasteiger partial charge in [-0.3, -0.25) is 4.79 Å². The van der Waals surface area contributed by atoms with E-state index in [1.807, 2.05) is 0 Å². The molecule has 3 N–H and O–H groups in total. The minimum Gasteiger partial charge on any atom is -0.480 e. The Morgan fingerprint density at radius 1 is 1.71 bits per heavy atom. The first kappa shape index (κ1) is 12.3. The molecule has 1 aliphatic rings. The zero-order chi connectivity index (χ0) is 12.6. The van der Waals surface area contributed by atoms with Crippen LogP contribution in [-0.4, -0.2) is 28.1 Å². The number of anilines is 1. The first-order valence-electron chi connectivity index (χ1n) is 5.63. The van der Waals surface area contributed by atoms with Gasteiger partial charge in [-0.25, -0.2) is 4.98 Å². The summed E-state index contributed by atoms with van der Waals surface area (Å²) in [6.45, 7) is 5.33. The van der Waals surface area contributed by atoms with E-state index in [1.54, 1.807) is 5.38 Å². The molecule has 2 heterocycles. The van der Waals surface area contributed by atoms with Crippen LogP contribution in [0.25, 0.3) is 0 Å². The summed E-state index contributed by atoms with van der Waals surface area (Å²) in [7, 11) is 0. The second kappa shape index (κ2) is 4.27. The van der Waals surface area contributed by atoms with Crippen LogP contribution in [0.3, 0.4) is 0 Å². The molecular weight excluding hydrogens is 238 g/mol. The Bertz CT molecular complexity index is 430. The second-order valence-electron chi connectivity index (χ2n) is 4.94. The first-order chi connectivity index (χ1) is 7.92. The van der Waals surface area contributed by atoms with Crippen LogP contribution in [0.5, 0.6) is 0 Å². The fraction of sp³-hybridized carbons (Fsp3) is 0.636. The minimum absolute atomic E-state index is 0.0996. The normalized spacial score (nSPS) is 20.5. The standard InChI is InChI=1S/C11H17N3O2S/c1-11(2)4-3-5-14(11)10-13-7(6-17-10)8(12)9(15)16/h6,8H,3-5,12H2,1-2H3,(H,15,16). The number of nitrogens with zero attached hydrogens (tertiary/aromatic N) is 2. The van der Waals surface area contributed by atoms with E-state index in [9.17, 15) is 4.79 Å². The van der Waals surface area contributed by atoms with Crippen LogP contribution in [0.15, 0.2) is 5.38 Å². The molecule has 1 aromatic rings. The summed E-state index contributed by atoms with van der Waals surface area (Å²) in [6, 6.07) is -1.02. The lowest BCUT2D eigenvalue weighted by atomic mass is 10.0. The van der Waals surface area contributed by atoms with Crippen molar-refractivity contribution in [1.29, 1.82) is 0 Å². The molecule has 5 nitrogen and oxygen atoms in total. The molecule has 1 aromatic heterocycles. The van der Waals surface area contributed by atoms with Gasteiger partial charge in [-0.2, -0.15) is 0 Å².